The van der Waals surface area contributed by atoms with E-state index >= 15 is 0 Å². The minimum absolute atomic E-state index is 0.139. The van der Waals surface area contributed by atoms with Gasteiger partial charge in [0.1, 0.15) is 23.7 Å². The number of carbonyl (C=O) groups excluding carboxylic acids is 3. The van der Waals surface area contributed by atoms with Crippen LogP contribution in [-0.2, 0) is 30.3 Å². The van der Waals surface area contributed by atoms with E-state index in [2.05, 4.69) is 5.32 Å². The zero-order valence-electron chi connectivity index (χ0n) is 17.0. The zero-order chi connectivity index (χ0) is 23.0. The summed E-state index contributed by atoms with van der Waals surface area (Å²) in [7, 11) is 0. The summed E-state index contributed by atoms with van der Waals surface area (Å²) in [5.41, 5.74) is 6.92. The number of ether oxygens (including phenoxy) is 3. The highest BCUT2D eigenvalue weighted by Gasteiger charge is 2.54. The number of thioether (sulfide) groups is 1. The second-order valence-electron chi connectivity index (χ2n) is 7.43. The van der Waals surface area contributed by atoms with Gasteiger partial charge in [-0.2, -0.15) is 0 Å². The molecule has 12 heteroatoms. The van der Waals surface area contributed by atoms with Gasteiger partial charge in [-0.05, 0) is 24.1 Å². The number of aliphatic carboxylic acids is 1. The van der Waals surface area contributed by atoms with Gasteiger partial charge in [0.05, 0.1) is 6.04 Å². The number of amides is 2. The Bertz CT molecular complexity index is 1030. The number of nitrogens with zero attached hydrogens (tertiary/aromatic N) is 1. The summed E-state index contributed by atoms with van der Waals surface area (Å²) >= 11 is 1.28. The molecule has 0 radical (unpaired) electrons. The number of esters is 1. The van der Waals surface area contributed by atoms with Crippen molar-refractivity contribution in [3.63, 3.8) is 0 Å². The Labute approximate surface area is 186 Å². The molecule has 4 rings (SSSR count). The summed E-state index contributed by atoms with van der Waals surface area (Å²) in [5.74, 6) is -1.47. The van der Waals surface area contributed by atoms with E-state index in [0.717, 1.165) is 10.5 Å². The van der Waals surface area contributed by atoms with Gasteiger partial charge in [-0.1, -0.05) is 6.07 Å². The minimum atomic E-state index is -1.30. The lowest BCUT2D eigenvalue weighted by atomic mass is 10.0. The minimum Gasteiger partial charge on any atom is -0.477 e. The van der Waals surface area contributed by atoms with Crippen molar-refractivity contribution in [2.45, 2.75) is 30.8 Å². The number of nitrogens with two attached hydrogens (primary N) is 1. The SMILES string of the molecule is CC(=O)OCC1=C(C(=O)O)N2C(=O)[C@@H](NC(=O)C(N)Cc3ccc4c(c3)OCO4)[C@H]2SC1. The summed E-state index contributed by atoms with van der Waals surface area (Å²) in [6.45, 7) is 1.14. The van der Waals surface area contributed by atoms with Crippen LogP contribution in [0, 0.1) is 0 Å². The van der Waals surface area contributed by atoms with Crippen LogP contribution < -0.4 is 20.5 Å². The van der Waals surface area contributed by atoms with Gasteiger partial charge in [-0.3, -0.25) is 19.3 Å². The fourth-order valence-electron chi connectivity index (χ4n) is 3.66. The molecular weight excluding hydrogens is 442 g/mol. The average molecular weight is 463 g/mol. The number of fused-ring (bicyclic) bond motifs is 2. The van der Waals surface area contributed by atoms with E-state index in [-0.39, 0.29) is 31.3 Å². The van der Waals surface area contributed by atoms with E-state index in [0.29, 0.717) is 17.1 Å². The fourth-order valence-corrected chi connectivity index (χ4v) is 4.99. The van der Waals surface area contributed by atoms with Gasteiger partial charge in [0.15, 0.2) is 11.5 Å². The Morgan fingerprint density at radius 1 is 1.34 bits per heavy atom. The molecule has 0 saturated carbocycles. The van der Waals surface area contributed by atoms with E-state index in [1.807, 2.05) is 0 Å². The summed E-state index contributed by atoms with van der Waals surface area (Å²) < 4.78 is 15.5. The van der Waals surface area contributed by atoms with Gasteiger partial charge in [0.25, 0.3) is 5.91 Å². The maximum Gasteiger partial charge on any atom is 0.352 e. The van der Waals surface area contributed by atoms with Crippen LogP contribution in [0.15, 0.2) is 29.5 Å². The molecule has 3 atom stereocenters. The lowest BCUT2D eigenvalue weighted by Crippen LogP contribution is -2.71. The maximum absolute atomic E-state index is 12.7. The Kier molecular flexibility index (Phi) is 5.98. The van der Waals surface area contributed by atoms with Gasteiger partial charge < -0.3 is 30.4 Å². The molecule has 1 unspecified atom stereocenters. The second-order valence-corrected chi connectivity index (χ2v) is 8.54. The number of nitrogens with one attached hydrogen (secondary N) is 1. The number of rotatable bonds is 7. The number of benzene rings is 1. The van der Waals surface area contributed by atoms with Crippen molar-refractivity contribution in [3.8, 4) is 11.5 Å². The van der Waals surface area contributed by atoms with Crippen molar-refractivity contribution >= 4 is 35.5 Å². The van der Waals surface area contributed by atoms with Crippen molar-refractivity contribution in [3.05, 3.63) is 35.0 Å². The maximum atomic E-state index is 12.7. The lowest BCUT2D eigenvalue weighted by Gasteiger charge is -2.49. The summed E-state index contributed by atoms with van der Waals surface area (Å²) in [4.78, 5) is 49.2. The number of hydrogen-bond donors (Lipinski definition) is 3. The molecule has 3 aliphatic rings. The predicted molar refractivity (Wildman–Crippen MR) is 111 cm³/mol. The van der Waals surface area contributed by atoms with Crippen LogP contribution in [0.5, 0.6) is 11.5 Å². The third-order valence-electron chi connectivity index (χ3n) is 5.23. The summed E-state index contributed by atoms with van der Waals surface area (Å²) in [5, 5.41) is 11.6. The molecule has 32 heavy (non-hydrogen) atoms. The van der Waals surface area contributed by atoms with Crippen LogP contribution in [0.25, 0.3) is 0 Å². The second kappa shape index (κ2) is 8.71. The zero-order valence-corrected chi connectivity index (χ0v) is 17.8. The molecule has 1 aromatic carbocycles. The number of carboxylic acids is 1. The predicted octanol–water partition coefficient (Wildman–Crippen LogP) is -0.413. The summed E-state index contributed by atoms with van der Waals surface area (Å²) in [6, 6.07) is 3.46. The highest BCUT2D eigenvalue weighted by Crippen LogP contribution is 2.40. The first-order chi connectivity index (χ1) is 15.3. The number of hydrogen-bond acceptors (Lipinski definition) is 9. The molecule has 0 aliphatic carbocycles. The third-order valence-corrected chi connectivity index (χ3v) is 6.57. The van der Waals surface area contributed by atoms with Gasteiger partial charge >= 0.3 is 11.9 Å². The molecule has 0 bridgehead atoms. The molecule has 4 N–H and O–H groups in total. The first kappa shape index (κ1) is 22.0. The molecule has 1 fully saturated rings. The van der Waals surface area contributed by atoms with E-state index in [1.165, 1.54) is 18.7 Å². The topological polar surface area (TPSA) is 157 Å². The van der Waals surface area contributed by atoms with E-state index in [4.69, 9.17) is 19.9 Å². The van der Waals surface area contributed by atoms with Gasteiger partial charge in [-0.15, -0.1) is 11.8 Å². The van der Waals surface area contributed by atoms with E-state index < -0.39 is 41.2 Å². The number of β-lactam (4-membered cyclic amide) rings is 1. The Morgan fingerprint density at radius 2 is 2.09 bits per heavy atom. The normalized spacial score (nSPS) is 22.1. The molecule has 3 aliphatic heterocycles. The molecule has 0 spiro atoms. The van der Waals surface area contributed by atoms with Crippen molar-refractivity contribution in [2.24, 2.45) is 5.73 Å². The van der Waals surface area contributed by atoms with Crippen LogP contribution in [0.3, 0.4) is 0 Å². The van der Waals surface area contributed by atoms with Gasteiger partial charge in [0.2, 0.25) is 12.7 Å². The quantitative estimate of drug-likeness (QED) is 0.358. The highest BCUT2D eigenvalue weighted by molar-refractivity contribution is 8.00. The van der Waals surface area contributed by atoms with Crippen LogP contribution in [0.2, 0.25) is 0 Å². The van der Waals surface area contributed by atoms with Crippen LogP contribution >= 0.6 is 11.8 Å². The largest absolute Gasteiger partial charge is 0.477 e. The highest BCUT2D eigenvalue weighted by atomic mass is 32.2. The standard InChI is InChI=1S/C20H21N3O8S/c1-9(24)29-6-11-7-32-19-15(18(26)23(19)16(11)20(27)28)22-17(25)12(21)4-10-2-3-13-14(5-10)31-8-30-13/h2-3,5,12,15,19H,4,6-8,21H2,1H3,(H,22,25)(H,27,28)/t12?,15-,19-/m1/s1. The van der Waals surface area contributed by atoms with Crippen molar-refractivity contribution in [2.75, 3.05) is 19.2 Å². The van der Waals surface area contributed by atoms with E-state index in [9.17, 15) is 24.3 Å². The molecule has 0 aromatic heterocycles. The van der Waals surface area contributed by atoms with Gasteiger partial charge in [-0.25, -0.2) is 4.79 Å². The Hall–Kier alpha value is -3.25. The van der Waals surface area contributed by atoms with E-state index in [1.54, 1.807) is 18.2 Å². The monoisotopic (exact) mass is 463 g/mol. The van der Waals surface area contributed by atoms with Crippen molar-refractivity contribution < 1.29 is 38.5 Å². The van der Waals surface area contributed by atoms with Crippen LogP contribution in [0.4, 0.5) is 0 Å². The molecule has 3 heterocycles. The van der Waals surface area contributed by atoms with Crippen LogP contribution in [-0.4, -0.2) is 70.4 Å². The first-order valence-electron chi connectivity index (χ1n) is 9.74. The molecular formula is C20H21N3O8S. The van der Waals surface area contributed by atoms with Crippen molar-refractivity contribution in [1.82, 2.24) is 10.2 Å². The molecule has 1 saturated heterocycles. The third kappa shape index (κ3) is 4.10. The average Bonchev–Trinajstić information content (AvgIpc) is 3.22. The molecule has 2 amide bonds. The Balaban J connectivity index is 1.39. The molecule has 11 nitrogen and oxygen atoms in total. The smallest absolute Gasteiger partial charge is 0.352 e. The van der Waals surface area contributed by atoms with Crippen molar-refractivity contribution in [1.29, 1.82) is 0 Å². The summed E-state index contributed by atoms with van der Waals surface area (Å²) in [6.07, 6.45) is 0.220. The first-order valence-corrected chi connectivity index (χ1v) is 10.8. The molecule has 1 aromatic rings. The van der Waals surface area contributed by atoms with Crippen LogP contribution in [0.1, 0.15) is 12.5 Å². The lowest BCUT2D eigenvalue weighted by molar-refractivity contribution is -0.151. The fraction of sp³-hybridized carbons (Fsp3) is 0.400. The number of carboxylic acid groups (broad SMARTS) is 1. The number of carbonyl (C=O) groups is 4. The Morgan fingerprint density at radius 3 is 2.81 bits per heavy atom. The van der Waals surface area contributed by atoms with Gasteiger partial charge in [0, 0.05) is 18.2 Å². The molecule has 170 valence electrons.